The Morgan fingerprint density at radius 1 is 1.27 bits per heavy atom. The first-order valence-corrected chi connectivity index (χ1v) is 11.8. The Hall–Kier alpha value is -2.63. The zero-order chi connectivity index (χ0) is 21.9. The van der Waals surface area contributed by atoms with Crippen LogP contribution in [0, 0.1) is 5.82 Å². The molecule has 1 amide bonds. The van der Waals surface area contributed by atoms with Crippen LogP contribution in [0.4, 0.5) is 10.1 Å². The molecule has 0 aliphatic rings. The molecule has 0 saturated carbocycles. The number of nitrogens with zero attached hydrogens (tertiary/aromatic N) is 1. The van der Waals surface area contributed by atoms with E-state index in [4.69, 9.17) is 4.42 Å². The van der Waals surface area contributed by atoms with E-state index < -0.39 is 33.5 Å². The average molecular weight is 454 g/mol. The Morgan fingerprint density at radius 3 is 2.73 bits per heavy atom. The number of rotatable bonds is 8. The minimum Gasteiger partial charge on any atom is -0.408 e. The summed E-state index contributed by atoms with van der Waals surface area (Å²) in [6, 6.07) is 8.26. The number of thioether (sulfide) groups is 1. The van der Waals surface area contributed by atoms with Gasteiger partial charge in [0.2, 0.25) is 15.9 Å². The molecule has 2 N–H and O–H groups in total. The third kappa shape index (κ3) is 4.91. The molecule has 11 heteroatoms. The van der Waals surface area contributed by atoms with Gasteiger partial charge in [-0.2, -0.15) is 16.5 Å². The molecule has 0 aliphatic heterocycles. The number of anilines is 1. The largest absolute Gasteiger partial charge is 0.419 e. The van der Waals surface area contributed by atoms with E-state index in [1.807, 2.05) is 6.26 Å². The number of oxazole rings is 1. The zero-order valence-electron chi connectivity index (χ0n) is 16.2. The molecule has 0 saturated heterocycles. The summed E-state index contributed by atoms with van der Waals surface area (Å²) in [4.78, 5) is 24.2. The molecule has 0 unspecified atom stereocenters. The summed E-state index contributed by atoms with van der Waals surface area (Å²) in [7, 11) is -2.59. The minimum atomic E-state index is -4.10. The lowest BCUT2D eigenvalue weighted by Crippen LogP contribution is -2.44. The number of hydrogen-bond donors (Lipinski definition) is 2. The van der Waals surface area contributed by atoms with Gasteiger partial charge in [-0.15, -0.1) is 0 Å². The standard InChI is InChI=1S/C19H20FN3O5S2/c1-23-16-7-6-14(11-17(16)28-19(23)25)30(26,27)22-15(8-9-29-2)18(24)21-13-5-3-4-12(20)10-13/h3-7,10-11,15,22H,8-9H2,1-2H3,(H,21,24)/t15-/m0/s1. The molecule has 160 valence electrons. The van der Waals surface area contributed by atoms with E-state index in [2.05, 4.69) is 10.0 Å². The van der Waals surface area contributed by atoms with Crippen molar-refractivity contribution >= 4 is 44.5 Å². The summed E-state index contributed by atoms with van der Waals surface area (Å²) in [5.74, 6) is -1.21. The highest BCUT2D eigenvalue weighted by Crippen LogP contribution is 2.19. The van der Waals surface area contributed by atoms with E-state index in [0.717, 1.165) is 6.07 Å². The highest BCUT2D eigenvalue weighted by Gasteiger charge is 2.26. The molecule has 0 bridgehead atoms. The van der Waals surface area contributed by atoms with Crippen LogP contribution in [0.3, 0.4) is 0 Å². The smallest absolute Gasteiger partial charge is 0.408 e. The maximum atomic E-state index is 13.4. The molecule has 0 radical (unpaired) electrons. The van der Waals surface area contributed by atoms with Crippen molar-refractivity contribution in [1.82, 2.24) is 9.29 Å². The van der Waals surface area contributed by atoms with Crippen LogP contribution in [0.2, 0.25) is 0 Å². The number of aryl methyl sites for hydroxylation is 1. The molecular formula is C19H20FN3O5S2. The summed E-state index contributed by atoms with van der Waals surface area (Å²) >= 11 is 1.46. The first-order chi connectivity index (χ1) is 14.2. The Bertz CT molecular complexity index is 1240. The van der Waals surface area contributed by atoms with Crippen LogP contribution in [0.25, 0.3) is 11.1 Å². The van der Waals surface area contributed by atoms with Crippen LogP contribution < -0.4 is 15.8 Å². The van der Waals surface area contributed by atoms with Gasteiger partial charge in [-0.3, -0.25) is 9.36 Å². The van der Waals surface area contributed by atoms with Crippen LogP contribution in [0.15, 0.2) is 56.6 Å². The number of benzene rings is 2. The predicted octanol–water partition coefficient (Wildman–Crippen LogP) is 2.31. The van der Waals surface area contributed by atoms with Crippen LogP contribution in [0.5, 0.6) is 0 Å². The van der Waals surface area contributed by atoms with Crippen molar-refractivity contribution in [3.63, 3.8) is 0 Å². The van der Waals surface area contributed by atoms with Gasteiger partial charge in [0, 0.05) is 18.8 Å². The lowest BCUT2D eigenvalue weighted by Gasteiger charge is -2.18. The Kier molecular flexibility index (Phi) is 6.64. The Balaban J connectivity index is 1.85. The number of aromatic nitrogens is 1. The fourth-order valence-corrected chi connectivity index (χ4v) is 4.53. The first-order valence-electron chi connectivity index (χ1n) is 8.88. The SMILES string of the molecule is CSCC[C@H](NS(=O)(=O)c1ccc2c(c1)oc(=O)n2C)C(=O)Nc1cccc(F)c1. The minimum absolute atomic E-state index is 0.121. The summed E-state index contributed by atoms with van der Waals surface area (Å²) in [6.07, 6.45) is 2.06. The number of carbonyl (C=O) groups excluding carboxylic acids is 1. The normalized spacial score (nSPS) is 12.8. The van der Waals surface area contributed by atoms with Gasteiger partial charge in [0.25, 0.3) is 0 Å². The van der Waals surface area contributed by atoms with Gasteiger partial charge in [0.05, 0.1) is 10.4 Å². The summed E-state index contributed by atoms with van der Waals surface area (Å²) in [5, 5.41) is 2.53. The molecule has 1 atom stereocenters. The van der Waals surface area contributed by atoms with Gasteiger partial charge in [-0.05, 0) is 48.8 Å². The summed E-state index contributed by atoms with van der Waals surface area (Å²) in [5.41, 5.74) is 0.790. The predicted molar refractivity (Wildman–Crippen MR) is 114 cm³/mol. The van der Waals surface area contributed by atoms with Crippen LogP contribution >= 0.6 is 11.8 Å². The van der Waals surface area contributed by atoms with Crippen molar-refractivity contribution in [3.05, 3.63) is 58.8 Å². The quantitative estimate of drug-likeness (QED) is 0.542. The first kappa shape index (κ1) is 22.1. The number of carbonyl (C=O) groups is 1. The maximum absolute atomic E-state index is 13.4. The van der Waals surface area contributed by atoms with Crippen molar-refractivity contribution in [2.24, 2.45) is 7.05 Å². The van der Waals surface area contributed by atoms with Crippen LogP contribution in [-0.2, 0) is 21.9 Å². The number of amides is 1. The molecule has 0 spiro atoms. The number of hydrogen-bond acceptors (Lipinski definition) is 6. The maximum Gasteiger partial charge on any atom is 0.419 e. The molecule has 3 rings (SSSR count). The van der Waals surface area contributed by atoms with Crippen molar-refractivity contribution < 1.29 is 22.0 Å². The van der Waals surface area contributed by atoms with E-state index in [9.17, 15) is 22.4 Å². The zero-order valence-corrected chi connectivity index (χ0v) is 17.8. The fraction of sp³-hybridized carbons (Fsp3) is 0.263. The molecule has 2 aromatic carbocycles. The lowest BCUT2D eigenvalue weighted by atomic mass is 10.2. The van der Waals surface area contributed by atoms with Gasteiger partial charge < -0.3 is 9.73 Å². The van der Waals surface area contributed by atoms with Gasteiger partial charge in [-0.25, -0.2) is 17.6 Å². The number of fused-ring (bicyclic) bond motifs is 1. The second kappa shape index (κ2) is 9.02. The third-order valence-electron chi connectivity index (χ3n) is 4.39. The van der Waals surface area contributed by atoms with Crippen LogP contribution in [0.1, 0.15) is 6.42 Å². The van der Waals surface area contributed by atoms with E-state index in [1.165, 1.54) is 59.8 Å². The van der Waals surface area contributed by atoms with E-state index in [-0.39, 0.29) is 22.6 Å². The van der Waals surface area contributed by atoms with E-state index >= 15 is 0 Å². The number of nitrogens with one attached hydrogen (secondary N) is 2. The topological polar surface area (TPSA) is 110 Å². The fourth-order valence-electron chi connectivity index (χ4n) is 2.81. The van der Waals surface area contributed by atoms with Gasteiger partial charge in [0.15, 0.2) is 5.58 Å². The van der Waals surface area contributed by atoms with Crippen molar-refractivity contribution in [2.75, 3.05) is 17.3 Å². The number of sulfonamides is 1. The lowest BCUT2D eigenvalue weighted by molar-refractivity contribution is -0.117. The average Bonchev–Trinajstić information content (AvgIpc) is 2.98. The Morgan fingerprint density at radius 2 is 2.03 bits per heavy atom. The van der Waals surface area contributed by atoms with E-state index in [0.29, 0.717) is 11.3 Å². The highest BCUT2D eigenvalue weighted by molar-refractivity contribution is 7.98. The van der Waals surface area contributed by atoms with Crippen molar-refractivity contribution in [2.45, 2.75) is 17.4 Å². The molecule has 30 heavy (non-hydrogen) atoms. The van der Waals surface area contributed by atoms with Gasteiger partial charge >= 0.3 is 5.76 Å². The second-order valence-corrected chi connectivity index (χ2v) is 9.21. The van der Waals surface area contributed by atoms with Crippen molar-refractivity contribution in [3.8, 4) is 0 Å². The monoisotopic (exact) mass is 453 g/mol. The second-order valence-electron chi connectivity index (χ2n) is 6.51. The molecule has 0 aliphatic carbocycles. The molecular weight excluding hydrogens is 433 g/mol. The molecule has 1 aromatic heterocycles. The molecule has 3 aromatic rings. The molecule has 1 heterocycles. The van der Waals surface area contributed by atoms with E-state index in [1.54, 1.807) is 0 Å². The Labute approximate surface area is 176 Å². The van der Waals surface area contributed by atoms with Crippen molar-refractivity contribution in [1.29, 1.82) is 0 Å². The third-order valence-corrected chi connectivity index (χ3v) is 6.50. The van der Waals surface area contributed by atoms with Crippen LogP contribution in [-0.4, -0.2) is 36.9 Å². The summed E-state index contributed by atoms with van der Waals surface area (Å²) < 4.78 is 47.8. The summed E-state index contributed by atoms with van der Waals surface area (Å²) in [6.45, 7) is 0. The number of halogens is 1. The van der Waals surface area contributed by atoms with Gasteiger partial charge in [-0.1, -0.05) is 6.07 Å². The van der Waals surface area contributed by atoms with Gasteiger partial charge in [0.1, 0.15) is 11.9 Å². The molecule has 8 nitrogen and oxygen atoms in total. The molecule has 0 fully saturated rings. The highest BCUT2D eigenvalue weighted by atomic mass is 32.2.